The SMILES string of the molecule is CC(C)(C)OC[C@@H](Br)C(=O)NC(CO)Cc1ccc(Cl)cc1. The first kappa shape index (κ1) is 19.4. The van der Waals surface area contributed by atoms with E-state index in [9.17, 15) is 9.90 Å². The fourth-order valence-corrected chi connectivity index (χ4v) is 2.15. The number of alkyl halides is 1. The van der Waals surface area contributed by atoms with Crippen LogP contribution in [0.2, 0.25) is 5.02 Å². The number of carbonyl (C=O) groups excluding carboxylic acids is 1. The molecule has 1 amide bonds. The standard InChI is InChI=1S/C16H23BrClNO3/c1-16(2,3)22-10-14(17)15(21)19-13(9-20)8-11-4-6-12(18)7-5-11/h4-7,13-14,20H,8-10H2,1-3H3,(H,19,21)/t13?,14-/m1/s1. The van der Waals surface area contributed by atoms with Gasteiger partial charge in [0.25, 0.3) is 0 Å². The summed E-state index contributed by atoms with van der Waals surface area (Å²) in [7, 11) is 0. The van der Waals surface area contributed by atoms with Gasteiger partial charge in [-0.2, -0.15) is 0 Å². The van der Waals surface area contributed by atoms with Crippen LogP contribution in [0.3, 0.4) is 0 Å². The van der Waals surface area contributed by atoms with Gasteiger partial charge in [-0.15, -0.1) is 0 Å². The van der Waals surface area contributed by atoms with Crippen molar-refractivity contribution in [2.45, 2.75) is 43.7 Å². The average molecular weight is 393 g/mol. The maximum Gasteiger partial charge on any atom is 0.236 e. The molecule has 1 aromatic carbocycles. The van der Waals surface area contributed by atoms with E-state index in [1.165, 1.54) is 0 Å². The molecule has 4 nitrogen and oxygen atoms in total. The summed E-state index contributed by atoms with van der Waals surface area (Å²) in [4.78, 5) is 11.7. The second kappa shape index (κ2) is 8.87. The summed E-state index contributed by atoms with van der Waals surface area (Å²) in [6.45, 7) is 5.94. The summed E-state index contributed by atoms with van der Waals surface area (Å²) in [6, 6.07) is 7.00. The highest BCUT2D eigenvalue weighted by Gasteiger charge is 2.21. The van der Waals surface area contributed by atoms with Crippen LogP contribution >= 0.6 is 27.5 Å². The monoisotopic (exact) mass is 391 g/mol. The summed E-state index contributed by atoms with van der Waals surface area (Å²) >= 11 is 9.15. The highest BCUT2D eigenvalue weighted by molar-refractivity contribution is 9.10. The molecule has 0 saturated carbocycles. The molecular formula is C16H23BrClNO3. The van der Waals surface area contributed by atoms with Gasteiger partial charge in [0.05, 0.1) is 24.9 Å². The number of hydrogen-bond acceptors (Lipinski definition) is 3. The lowest BCUT2D eigenvalue weighted by atomic mass is 10.1. The van der Waals surface area contributed by atoms with Gasteiger partial charge in [0.15, 0.2) is 0 Å². The second-order valence-corrected chi connectivity index (χ2v) is 7.65. The molecule has 1 unspecified atom stereocenters. The van der Waals surface area contributed by atoms with E-state index < -0.39 is 4.83 Å². The third kappa shape index (κ3) is 7.58. The van der Waals surface area contributed by atoms with Crippen molar-refractivity contribution in [1.82, 2.24) is 5.32 Å². The van der Waals surface area contributed by atoms with Gasteiger partial charge in [0, 0.05) is 5.02 Å². The van der Waals surface area contributed by atoms with Crippen molar-refractivity contribution >= 4 is 33.4 Å². The van der Waals surface area contributed by atoms with E-state index in [0.717, 1.165) is 5.56 Å². The van der Waals surface area contributed by atoms with Gasteiger partial charge in [-0.25, -0.2) is 0 Å². The van der Waals surface area contributed by atoms with Crippen LogP contribution in [-0.2, 0) is 16.0 Å². The number of amides is 1. The maximum absolute atomic E-state index is 12.1. The Balaban J connectivity index is 2.50. The highest BCUT2D eigenvalue weighted by Crippen LogP contribution is 2.13. The summed E-state index contributed by atoms with van der Waals surface area (Å²) in [5.41, 5.74) is 0.701. The molecule has 0 radical (unpaired) electrons. The van der Waals surface area contributed by atoms with Gasteiger partial charge >= 0.3 is 0 Å². The number of nitrogens with one attached hydrogen (secondary N) is 1. The van der Waals surface area contributed by atoms with E-state index in [0.29, 0.717) is 11.4 Å². The number of benzene rings is 1. The van der Waals surface area contributed by atoms with Crippen LogP contribution in [0.1, 0.15) is 26.3 Å². The van der Waals surface area contributed by atoms with E-state index in [-0.39, 0.29) is 30.8 Å². The largest absolute Gasteiger partial charge is 0.394 e. The van der Waals surface area contributed by atoms with Crippen LogP contribution in [0.4, 0.5) is 0 Å². The Hall–Kier alpha value is -0.620. The predicted octanol–water partition coefficient (Wildman–Crippen LogP) is 2.94. The number of aliphatic hydroxyl groups excluding tert-OH is 1. The highest BCUT2D eigenvalue weighted by atomic mass is 79.9. The van der Waals surface area contributed by atoms with Crippen molar-refractivity contribution in [3.8, 4) is 0 Å². The Labute approximate surface area is 145 Å². The Morgan fingerprint density at radius 1 is 1.36 bits per heavy atom. The first-order valence-electron chi connectivity index (χ1n) is 7.15. The zero-order chi connectivity index (χ0) is 16.8. The molecule has 0 heterocycles. The van der Waals surface area contributed by atoms with E-state index in [1.54, 1.807) is 12.1 Å². The number of carbonyl (C=O) groups is 1. The van der Waals surface area contributed by atoms with Crippen LogP contribution in [0.15, 0.2) is 24.3 Å². The van der Waals surface area contributed by atoms with Crippen LogP contribution in [-0.4, -0.2) is 40.7 Å². The van der Waals surface area contributed by atoms with E-state index in [2.05, 4.69) is 21.2 Å². The third-order valence-electron chi connectivity index (χ3n) is 2.91. The van der Waals surface area contributed by atoms with Gasteiger partial charge in [-0.3, -0.25) is 4.79 Å². The Morgan fingerprint density at radius 3 is 2.45 bits per heavy atom. The zero-order valence-corrected chi connectivity index (χ0v) is 15.4. The van der Waals surface area contributed by atoms with Crippen LogP contribution in [0.5, 0.6) is 0 Å². The minimum absolute atomic E-state index is 0.131. The van der Waals surface area contributed by atoms with Crippen molar-refractivity contribution < 1.29 is 14.6 Å². The van der Waals surface area contributed by atoms with Crippen LogP contribution < -0.4 is 5.32 Å². The molecular weight excluding hydrogens is 370 g/mol. The Morgan fingerprint density at radius 2 is 1.95 bits per heavy atom. The summed E-state index contributed by atoms with van der Waals surface area (Å²) in [5.74, 6) is -0.197. The average Bonchev–Trinajstić information content (AvgIpc) is 2.45. The number of ether oxygens (including phenoxy) is 1. The van der Waals surface area contributed by atoms with Gasteiger partial charge in [0.1, 0.15) is 4.83 Å². The van der Waals surface area contributed by atoms with Crippen molar-refractivity contribution in [2.75, 3.05) is 13.2 Å². The Bertz CT molecular complexity index is 473. The van der Waals surface area contributed by atoms with Crippen molar-refractivity contribution in [3.05, 3.63) is 34.9 Å². The number of rotatable bonds is 7. The number of halogens is 2. The number of hydrogen-bond donors (Lipinski definition) is 2. The zero-order valence-electron chi connectivity index (χ0n) is 13.1. The molecule has 2 N–H and O–H groups in total. The lowest BCUT2D eigenvalue weighted by Crippen LogP contribution is -2.44. The van der Waals surface area contributed by atoms with E-state index >= 15 is 0 Å². The maximum atomic E-state index is 12.1. The molecule has 0 bridgehead atoms. The molecule has 0 aliphatic heterocycles. The fraction of sp³-hybridized carbons (Fsp3) is 0.562. The Kier molecular flexibility index (Phi) is 7.83. The molecule has 0 saturated heterocycles. The molecule has 2 atom stereocenters. The van der Waals surface area contributed by atoms with E-state index in [1.807, 2.05) is 32.9 Å². The lowest BCUT2D eigenvalue weighted by molar-refractivity contribution is -0.123. The fourth-order valence-electron chi connectivity index (χ4n) is 1.76. The molecule has 1 rings (SSSR count). The van der Waals surface area contributed by atoms with Crippen LogP contribution in [0.25, 0.3) is 0 Å². The third-order valence-corrected chi connectivity index (χ3v) is 3.84. The van der Waals surface area contributed by atoms with Crippen molar-refractivity contribution in [3.63, 3.8) is 0 Å². The molecule has 0 spiro atoms. The summed E-state index contributed by atoms with van der Waals surface area (Å²) < 4.78 is 5.57. The molecule has 0 aliphatic rings. The number of aliphatic hydroxyl groups is 1. The summed E-state index contributed by atoms with van der Waals surface area (Å²) in [5, 5.41) is 12.9. The molecule has 6 heteroatoms. The van der Waals surface area contributed by atoms with Gasteiger partial charge in [-0.05, 0) is 44.9 Å². The minimum Gasteiger partial charge on any atom is -0.394 e. The summed E-state index contributed by atoms with van der Waals surface area (Å²) in [6.07, 6.45) is 0.541. The smallest absolute Gasteiger partial charge is 0.236 e. The molecule has 1 aromatic rings. The quantitative estimate of drug-likeness (QED) is 0.701. The normalized spacial score (nSPS) is 14.5. The first-order chi connectivity index (χ1) is 10.2. The van der Waals surface area contributed by atoms with Gasteiger partial charge in [-0.1, -0.05) is 39.7 Å². The topological polar surface area (TPSA) is 58.6 Å². The molecule has 0 aromatic heterocycles. The second-order valence-electron chi connectivity index (χ2n) is 6.11. The van der Waals surface area contributed by atoms with Gasteiger partial charge in [0.2, 0.25) is 5.91 Å². The molecule has 0 fully saturated rings. The van der Waals surface area contributed by atoms with Crippen molar-refractivity contribution in [2.24, 2.45) is 0 Å². The van der Waals surface area contributed by atoms with E-state index in [4.69, 9.17) is 16.3 Å². The molecule has 0 aliphatic carbocycles. The van der Waals surface area contributed by atoms with Crippen molar-refractivity contribution in [1.29, 1.82) is 0 Å². The predicted molar refractivity (Wildman–Crippen MR) is 92.6 cm³/mol. The first-order valence-corrected chi connectivity index (χ1v) is 8.44. The van der Waals surface area contributed by atoms with Crippen LogP contribution in [0, 0.1) is 0 Å². The molecule has 22 heavy (non-hydrogen) atoms. The lowest BCUT2D eigenvalue weighted by Gasteiger charge is -2.23. The minimum atomic E-state index is -0.453. The molecule has 124 valence electrons. The van der Waals surface area contributed by atoms with Gasteiger partial charge < -0.3 is 15.2 Å².